The number of urea groups is 1. The van der Waals surface area contributed by atoms with Gasteiger partial charge in [-0.2, -0.15) is 0 Å². The molecule has 1 atom stereocenters. The third kappa shape index (κ3) is 5.77. The third-order valence-electron chi connectivity index (χ3n) is 5.34. The van der Waals surface area contributed by atoms with Crippen LogP contribution in [0.2, 0.25) is 0 Å². The molecule has 33 heavy (non-hydrogen) atoms. The molecule has 1 heterocycles. The number of hydrogen-bond donors (Lipinski definition) is 2. The number of esters is 1. The van der Waals surface area contributed by atoms with Crippen molar-refractivity contribution in [3.05, 3.63) is 76.7 Å². The van der Waals surface area contributed by atoms with E-state index in [-0.39, 0.29) is 30.8 Å². The van der Waals surface area contributed by atoms with Gasteiger partial charge >= 0.3 is 12.0 Å². The number of allylic oxidation sites excluding steroid dienone is 1. The van der Waals surface area contributed by atoms with Crippen LogP contribution in [0.4, 0.5) is 14.9 Å². The number of halogens is 1. The van der Waals surface area contributed by atoms with Gasteiger partial charge in [0, 0.05) is 17.9 Å². The molecule has 7 nitrogen and oxygen atoms in total. The first kappa shape index (κ1) is 24.0. The molecular weight excluding hydrogens is 425 g/mol. The van der Waals surface area contributed by atoms with Crippen molar-refractivity contribution in [2.45, 2.75) is 39.7 Å². The van der Waals surface area contributed by atoms with E-state index in [9.17, 15) is 18.8 Å². The number of ether oxygens (including phenoxy) is 1. The van der Waals surface area contributed by atoms with Crippen LogP contribution in [0.3, 0.4) is 0 Å². The van der Waals surface area contributed by atoms with Crippen LogP contribution in [0, 0.1) is 5.82 Å². The van der Waals surface area contributed by atoms with Crippen molar-refractivity contribution in [1.82, 2.24) is 10.2 Å². The van der Waals surface area contributed by atoms with Crippen LogP contribution in [0.1, 0.15) is 44.4 Å². The van der Waals surface area contributed by atoms with Crippen LogP contribution >= 0.6 is 0 Å². The average molecular weight is 454 g/mol. The monoisotopic (exact) mass is 453 g/mol. The summed E-state index contributed by atoms with van der Waals surface area (Å²) in [5.41, 5.74) is 2.92. The van der Waals surface area contributed by atoms with E-state index in [1.165, 1.54) is 12.1 Å². The number of carbonyl (C=O) groups excluding carboxylic acids is 3. The Hall–Kier alpha value is -3.68. The lowest BCUT2D eigenvalue weighted by molar-refractivity contribution is -0.139. The van der Waals surface area contributed by atoms with Crippen LogP contribution in [-0.4, -0.2) is 36.0 Å². The number of carbonyl (C=O) groups is 3. The topological polar surface area (TPSA) is 87.7 Å². The van der Waals surface area contributed by atoms with Crippen molar-refractivity contribution in [2.75, 3.05) is 18.5 Å². The second-order valence-electron chi connectivity index (χ2n) is 7.73. The fraction of sp³-hybridized carbons (Fsp3) is 0.320. The molecule has 1 aliphatic heterocycles. The van der Waals surface area contributed by atoms with Gasteiger partial charge in [-0.3, -0.25) is 9.69 Å². The Kier molecular flexibility index (Phi) is 7.82. The molecule has 0 aromatic heterocycles. The Bertz CT molecular complexity index is 1050. The van der Waals surface area contributed by atoms with Gasteiger partial charge in [0.2, 0.25) is 5.91 Å². The SMILES string of the molecule is CCCN1C(=O)NC(c2ccc(NC(=O)Cc3ccc(F)cc3)cc2)C(C(=O)OCC)=C1C. The van der Waals surface area contributed by atoms with Gasteiger partial charge in [-0.25, -0.2) is 14.0 Å². The van der Waals surface area contributed by atoms with Crippen molar-refractivity contribution in [3.63, 3.8) is 0 Å². The van der Waals surface area contributed by atoms with Crippen LogP contribution < -0.4 is 10.6 Å². The molecule has 2 aromatic carbocycles. The Morgan fingerprint density at radius 1 is 1.09 bits per heavy atom. The summed E-state index contributed by atoms with van der Waals surface area (Å²) in [7, 11) is 0. The maximum Gasteiger partial charge on any atom is 0.338 e. The normalized spacial score (nSPS) is 15.8. The molecule has 3 amide bonds. The standard InChI is InChI=1S/C25H28FN3O4/c1-4-14-29-16(3)22(24(31)33-5-2)23(28-25(29)32)18-8-12-20(13-9-18)27-21(30)15-17-6-10-19(26)11-7-17/h6-13,23H,4-5,14-15H2,1-3H3,(H,27,30)(H,28,32). The summed E-state index contributed by atoms with van der Waals surface area (Å²) in [4.78, 5) is 39.2. The number of rotatable bonds is 8. The molecule has 0 aliphatic carbocycles. The zero-order valence-corrected chi connectivity index (χ0v) is 19.0. The predicted octanol–water partition coefficient (Wildman–Crippen LogP) is 4.32. The molecule has 2 N–H and O–H groups in total. The second kappa shape index (κ2) is 10.8. The number of nitrogens with one attached hydrogen (secondary N) is 2. The van der Waals surface area contributed by atoms with Gasteiger partial charge in [0.1, 0.15) is 5.82 Å². The summed E-state index contributed by atoms with van der Waals surface area (Å²) in [5.74, 6) is -1.06. The van der Waals surface area contributed by atoms with E-state index in [0.717, 1.165) is 6.42 Å². The Labute approximate surface area is 192 Å². The molecule has 174 valence electrons. The molecule has 3 rings (SSSR count). The first-order chi connectivity index (χ1) is 15.8. The van der Waals surface area contributed by atoms with Crippen molar-refractivity contribution >= 4 is 23.6 Å². The lowest BCUT2D eigenvalue weighted by Gasteiger charge is -2.35. The third-order valence-corrected chi connectivity index (χ3v) is 5.34. The highest BCUT2D eigenvalue weighted by Crippen LogP contribution is 2.32. The second-order valence-corrected chi connectivity index (χ2v) is 7.73. The van der Waals surface area contributed by atoms with Gasteiger partial charge in [0.25, 0.3) is 0 Å². The minimum Gasteiger partial charge on any atom is -0.463 e. The molecule has 0 radical (unpaired) electrons. The van der Waals surface area contributed by atoms with Gasteiger partial charge in [0.05, 0.1) is 24.6 Å². The summed E-state index contributed by atoms with van der Waals surface area (Å²) in [6, 6.07) is 11.7. The molecular formula is C25H28FN3O4. The van der Waals surface area contributed by atoms with Crippen LogP contribution in [0.15, 0.2) is 59.8 Å². The van der Waals surface area contributed by atoms with Crippen molar-refractivity contribution in [3.8, 4) is 0 Å². The summed E-state index contributed by atoms with van der Waals surface area (Å²) >= 11 is 0. The number of amides is 3. The van der Waals surface area contributed by atoms with Crippen molar-refractivity contribution in [2.24, 2.45) is 0 Å². The van der Waals surface area contributed by atoms with Gasteiger partial charge in [-0.05, 0) is 55.7 Å². The highest BCUT2D eigenvalue weighted by Gasteiger charge is 2.36. The van der Waals surface area contributed by atoms with E-state index >= 15 is 0 Å². The number of hydrogen-bond acceptors (Lipinski definition) is 4. The summed E-state index contributed by atoms with van der Waals surface area (Å²) < 4.78 is 18.3. The number of benzene rings is 2. The minimum absolute atomic E-state index is 0.114. The molecule has 0 saturated carbocycles. The maximum atomic E-state index is 13.0. The molecule has 0 spiro atoms. The van der Waals surface area contributed by atoms with Crippen LogP contribution in [0.25, 0.3) is 0 Å². The molecule has 1 unspecified atom stereocenters. The van der Waals surface area contributed by atoms with Crippen molar-refractivity contribution < 1.29 is 23.5 Å². The lowest BCUT2D eigenvalue weighted by atomic mass is 9.94. The van der Waals surface area contributed by atoms with E-state index < -0.39 is 12.0 Å². The predicted molar refractivity (Wildman–Crippen MR) is 123 cm³/mol. The molecule has 0 bridgehead atoms. The average Bonchev–Trinajstić information content (AvgIpc) is 2.78. The fourth-order valence-corrected chi connectivity index (χ4v) is 3.75. The van der Waals surface area contributed by atoms with E-state index in [4.69, 9.17) is 4.74 Å². The van der Waals surface area contributed by atoms with Crippen molar-refractivity contribution in [1.29, 1.82) is 0 Å². The summed E-state index contributed by atoms with van der Waals surface area (Å²) in [6.45, 7) is 6.16. The Morgan fingerprint density at radius 3 is 2.36 bits per heavy atom. The highest BCUT2D eigenvalue weighted by atomic mass is 19.1. The smallest absolute Gasteiger partial charge is 0.338 e. The van der Waals surface area contributed by atoms with E-state index in [2.05, 4.69) is 10.6 Å². The largest absolute Gasteiger partial charge is 0.463 e. The zero-order valence-electron chi connectivity index (χ0n) is 19.0. The lowest BCUT2D eigenvalue weighted by Crippen LogP contribution is -2.48. The summed E-state index contributed by atoms with van der Waals surface area (Å²) in [5, 5.41) is 5.69. The minimum atomic E-state index is -0.659. The quantitative estimate of drug-likeness (QED) is 0.583. The number of nitrogens with zero attached hydrogens (tertiary/aromatic N) is 1. The first-order valence-electron chi connectivity index (χ1n) is 10.9. The first-order valence-corrected chi connectivity index (χ1v) is 10.9. The van der Waals surface area contributed by atoms with Crippen LogP contribution in [-0.2, 0) is 20.7 Å². The van der Waals surface area contributed by atoms with E-state index in [1.807, 2.05) is 6.92 Å². The van der Waals surface area contributed by atoms with Gasteiger partial charge < -0.3 is 15.4 Å². The van der Waals surface area contributed by atoms with Crippen LogP contribution in [0.5, 0.6) is 0 Å². The highest BCUT2D eigenvalue weighted by molar-refractivity contribution is 5.95. The molecule has 0 fully saturated rings. The summed E-state index contributed by atoms with van der Waals surface area (Å²) in [6.07, 6.45) is 0.862. The van der Waals surface area contributed by atoms with E-state index in [0.29, 0.717) is 34.6 Å². The number of anilines is 1. The Morgan fingerprint density at radius 2 is 1.76 bits per heavy atom. The molecule has 0 saturated heterocycles. The van der Waals surface area contributed by atoms with Gasteiger partial charge in [0.15, 0.2) is 0 Å². The Balaban J connectivity index is 1.78. The fourth-order valence-electron chi connectivity index (χ4n) is 3.75. The van der Waals surface area contributed by atoms with E-state index in [1.54, 1.807) is 55.1 Å². The zero-order chi connectivity index (χ0) is 24.0. The molecule has 8 heteroatoms. The van der Waals surface area contributed by atoms with Gasteiger partial charge in [-0.15, -0.1) is 0 Å². The van der Waals surface area contributed by atoms with Gasteiger partial charge in [-0.1, -0.05) is 31.2 Å². The maximum absolute atomic E-state index is 13.0. The molecule has 1 aliphatic rings. The molecule has 2 aromatic rings.